The van der Waals surface area contributed by atoms with Gasteiger partial charge in [0.05, 0.1) is 4.91 Å². The number of benzene rings is 2. The number of ether oxygens (including phenoxy) is 1. The van der Waals surface area contributed by atoms with Crippen molar-refractivity contribution in [1.29, 1.82) is 0 Å². The average Bonchev–Trinajstić information content (AvgIpc) is 3.39. The van der Waals surface area contributed by atoms with Crippen LogP contribution in [0.2, 0.25) is 5.02 Å². The van der Waals surface area contributed by atoms with Crippen LogP contribution in [0.25, 0.3) is 6.08 Å². The molecule has 2 heterocycles. The molecule has 0 N–H and O–H groups in total. The maximum Gasteiger partial charge on any atom is 0.267 e. The summed E-state index contributed by atoms with van der Waals surface area (Å²) in [7, 11) is 0. The number of hydrogen-bond donors (Lipinski definition) is 0. The lowest BCUT2D eigenvalue weighted by Crippen LogP contribution is -2.29. The number of amides is 1. The molecular formula is C23H18ClN3O2S2. The summed E-state index contributed by atoms with van der Waals surface area (Å²) in [6.45, 7) is 4.52. The van der Waals surface area contributed by atoms with Crippen LogP contribution in [0.4, 0.5) is 5.13 Å². The highest BCUT2D eigenvalue weighted by atomic mass is 35.5. The van der Waals surface area contributed by atoms with Crippen LogP contribution in [0.15, 0.2) is 82.7 Å². The van der Waals surface area contributed by atoms with Crippen LogP contribution in [-0.4, -0.2) is 27.5 Å². The molecule has 4 rings (SSSR count). The number of aromatic nitrogens is 1. The normalized spacial score (nSPS) is 16.3. The van der Waals surface area contributed by atoms with Gasteiger partial charge in [-0.1, -0.05) is 48.0 Å². The smallest absolute Gasteiger partial charge is 0.267 e. The quantitative estimate of drug-likeness (QED) is 0.308. The van der Waals surface area contributed by atoms with Gasteiger partial charge < -0.3 is 4.74 Å². The number of halogens is 1. The molecule has 3 aromatic rings. The molecule has 0 saturated carbocycles. The van der Waals surface area contributed by atoms with Crippen molar-refractivity contribution in [2.75, 3.05) is 6.54 Å². The molecule has 1 fully saturated rings. The molecule has 0 spiro atoms. The maximum atomic E-state index is 12.9. The van der Waals surface area contributed by atoms with Gasteiger partial charge in [0, 0.05) is 28.7 Å². The van der Waals surface area contributed by atoms with Crippen molar-refractivity contribution in [1.82, 2.24) is 9.88 Å². The van der Waals surface area contributed by atoms with E-state index in [0.29, 0.717) is 33.4 Å². The van der Waals surface area contributed by atoms with E-state index in [9.17, 15) is 4.79 Å². The predicted molar refractivity (Wildman–Crippen MR) is 129 cm³/mol. The second-order valence-corrected chi connectivity index (χ2v) is 8.76. The molecule has 0 unspecified atom stereocenters. The average molecular weight is 468 g/mol. The Hall–Kier alpha value is -2.87. The van der Waals surface area contributed by atoms with E-state index in [-0.39, 0.29) is 5.91 Å². The predicted octanol–water partition coefficient (Wildman–Crippen LogP) is 6.17. The van der Waals surface area contributed by atoms with Gasteiger partial charge >= 0.3 is 0 Å². The highest BCUT2D eigenvalue weighted by Crippen LogP contribution is 2.34. The zero-order valence-electron chi connectivity index (χ0n) is 16.4. The number of aliphatic imine (C=N–C) groups is 1. The van der Waals surface area contributed by atoms with Crippen molar-refractivity contribution < 1.29 is 9.53 Å². The molecule has 156 valence electrons. The molecule has 1 amide bonds. The molecule has 1 aromatic heterocycles. The molecule has 0 atom stereocenters. The second-order valence-electron chi connectivity index (χ2n) is 6.47. The van der Waals surface area contributed by atoms with Gasteiger partial charge in [-0.3, -0.25) is 9.69 Å². The lowest BCUT2D eigenvalue weighted by atomic mass is 10.2. The molecule has 2 aromatic carbocycles. The molecule has 0 aliphatic carbocycles. The molecule has 1 aliphatic heterocycles. The molecule has 1 saturated heterocycles. The molecule has 1 aliphatic rings. The summed E-state index contributed by atoms with van der Waals surface area (Å²) in [5, 5.41) is 3.75. The monoisotopic (exact) mass is 467 g/mol. The highest BCUT2D eigenvalue weighted by molar-refractivity contribution is 8.18. The first-order valence-corrected chi connectivity index (χ1v) is 11.5. The molecule has 8 heteroatoms. The Morgan fingerprint density at radius 3 is 2.71 bits per heavy atom. The van der Waals surface area contributed by atoms with Gasteiger partial charge in [0.1, 0.15) is 12.4 Å². The van der Waals surface area contributed by atoms with Crippen LogP contribution >= 0.6 is 34.7 Å². The SMILES string of the molecule is C=CCN1C(=O)/C(=C/c2ccc(OCc3ccccc3Cl)cc2)S/C1=N/c1nccs1. The van der Waals surface area contributed by atoms with Crippen molar-refractivity contribution in [3.05, 3.63) is 93.8 Å². The molecule has 5 nitrogen and oxygen atoms in total. The number of amidine groups is 1. The minimum absolute atomic E-state index is 0.0979. The number of thioether (sulfide) groups is 1. The van der Waals surface area contributed by atoms with Crippen molar-refractivity contribution in [3.63, 3.8) is 0 Å². The van der Waals surface area contributed by atoms with Crippen molar-refractivity contribution >= 4 is 57.0 Å². The Labute approximate surface area is 193 Å². The molecule has 31 heavy (non-hydrogen) atoms. The largest absolute Gasteiger partial charge is 0.489 e. The van der Waals surface area contributed by atoms with Gasteiger partial charge in [-0.15, -0.1) is 17.9 Å². The topological polar surface area (TPSA) is 54.8 Å². The third kappa shape index (κ3) is 5.25. The lowest BCUT2D eigenvalue weighted by Gasteiger charge is -2.11. The van der Waals surface area contributed by atoms with Crippen LogP contribution in [0.1, 0.15) is 11.1 Å². The minimum atomic E-state index is -0.0979. The van der Waals surface area contributed by atoms with Crippen LogP contribution in [0, 0.1) is 0 Å². The summed E-state index contributed by atoms with van der Waals surface area (Å²) in [5.74, 6) is 0.631. The summed E-state index contributed by atoms with van der Waals surface area (Å²) < 4.78 is 5.82. The summed E-state index contributed by atoms with van der Waals surface area (Å²) in [5.41, 5.74) is 1.83. The minimum Gasteiger partial charge on any atom is -0.489 e. The second kappa shape index (κ2) is 9.96. The summed E-state index contributed by atoms with van der Waals surface area (Å²) >= 11 is 8.93. The number of hydrogen-bond acceptors (Lipinski definition) is 6. The van der Waals surface area contributed by atoms with Crippen molar-refractivity contribution in [2.24, 2.45) is 4.99 Å². The van der Waals surface area contributed by atoms with Crippen LogP contribution in [0.3, 0.4) is 0 Å². The fourth-order valence-corrected chi connectivity index (χ4v) is 4.56. The van der Waals surface area contributed by atoms with Gasteiger partial charge in [0.25, 0.3) is 5.91 Å². The van der Waals surface area contributed by atoms with E-state index in [1.54, 1.807) is 17.2 Å². The van der Waals surface area contributed by atoms with E-state index in [2.05, 4.69) is 16.6 Å². The van der Waals surface area contributed by atoms with E-state index in [4.69, 9.17) is 16.3 Å². The zero-order valence-corrected chi connectivity index (χ0v) is 18.8. The molecular weight excluding hydrogens is 450 g/mol. The first-order chi connectivity index (χ1) is 15.1. The van der Waals surface area contributed by atoms with E-state index >= 15 is 0 Å². The lowest BCUT2D eigenvalue weighted by molar-refractivity contribution is -0.121. The maximum absolute atomic E-state index is 12.9. The fourth-order valence-electron chi connectivity index (χ4n) is 2.82. The van der Waals surface area contributed by atoms with Gasteiger partial charge in [0.15, 0.2) is 5.17 Å². The number of nitrogens with zero attached hydrogens (tertiary/aromatic N) is 3. The Bertz CT molecular complexity index is 1140. The fraction of sp³-hybridized carbons (Fsp3) is 0.0870. The Morgan fingerprint density at radius 1 is 1.19 bits per heavy atom. The summed E-state index contributed by atoms with van der Waals surface area (Å²) in [6.07, 6.45) is 5.23. The first-order valence-electron chi connectivity index (χ1n) is 9.41. The highest BCUT2D eigenvalue weighted by Gasteiger charge is 2.32. The van der Waals surface area contributed by atoms with Gasteiger partial charge in [-0.2, -0.15) is 4.99 Å². The van der Waals surface area contributed by atoms with Crippen LogP contribution < -0.4 is 4.74 Å². The van der Waals surface area contributed by atoms with Crippen molar-refractivity contribution in [2.45, 2.75) is 6.61 Å². The number of carbonyl (C=O) groups excluding carboxylic acids is 1. The third-order valence-electron chi connectivity index (χ3n) is 4.34. The van der Waals surface area contributed by atoms with Crippen molar-refractivity contribution in [3.8, 4) is 5.75 Å². The van der Waals surface area contributed by atoms with Crippen LogP contribution in [-0.2, 0) is 11.4 Å². The van der Waals surface area contributed by atoms with E-state index in [1.807, 2.05) is 60.0 Å². The van der Waals surface area contributed by atoms with E-state index in [1.165, 1.54) is 23.1 Å². The van der Waals surface area contributed by atoms with Gasteiger partial charge in [-0.25, -0.2) is 4.98 Å². The summed E-state index contributed by atoms with van der Waals surface area (Å²) in [4.78, 5) is 23.7. The van der Waals surface area contributed by atoms with E-state index in [0.717, 1.165) is 16.9 Å². The molecule has 0 radical (unpaired) electrons. The third-order valence-corrected chi connectivity index (χ3v) is 6.38. The Morgan fingerprint density at radius 2 is 2.00 bits per heavy atom. The number of rotatable bonds is 7. The molecule has 0 bridgehead atoms. The van der Waals surface area contributed by atoms with E-state index < -0.39 is 0 Å². The Balaban J connectivity index is 1.48. The first kappa shape index (κ1) is 21.4. The summed E-state index contributed by atoms with van der Waals surface area (Å²) in [6, 6.07) is 15.2. The zero-order chi connectivity index (χ0) is 21.6. The number of thiazole rings is 1. The number of carbonyl (C=O) groups is 1. The standard InChI is InChI=1S/C23H18ClN3O2S2/c1-2-12-27-21(28)20(31-23(27)26-22-25-11-13-30-22)14-16-7-9-18(10-8-16)29-15-17-5-3-4-6-19(17)24/h2-11,13-14H,1,12,15H2/b20-14-,26-23+. The van der Waals surface area contributed by atoms with Gasteiger partial charge in [-0.05, 0) is 41.6 Å². The Kier molecular flexibility index (Phi) is 6.86. The van der Waals surface area contributed by atoms with Crippen LogP contribution in [0.5, 0.6) is 5.75 Å². The van der Waals surface area contributed by atoms with Gasteiger partial charge in [0.2, 0.25) is 5.13 Å².